The summed E-state index contributed by atoms with van der Waals surface area (Å²) in [5.41, 5.74) is 5.06. The van der Waals surface area contributed by atoms with Crippen LogP contribution in [0.2, 0.25) is 0 Å². The van der Waals surface area contributed by atoms with E-state index in [2.05, 4.69) is 29.6 Å². The first kappa shape index (κ1) is 22.2. The van der Waals surface area contributed by atoms with Crippen LogP contribution < -0.4 is 14.8 Å². The predicted octanol–water partition coefficient (Wildman–Crippen LogP) is 6.62. The third kappa shape index (κ3) is 3.96. The zero-order valence-electron chi connectivity index (χ0n) is 19.6. The molecule has 5 rings (SSSR count). The Morgan fingerprint density at radius 3 is 2.74 bits per heavy atom. The van der Waals surface area contributed by atoms with Crippen LogP contribution in [0.5, 0.6) is 11.5 Å². The highest BCUT2D eigenvalue weighted by molar-refractivity contribution is 6.12. The molecule has 0 unspecified atom stereocenters. The number of Topliss-reactive ketones (excluding diaryl/α,β-unsaturated/α-hetero) is 1. The van der Waals surface area contributed by atoms with Crippen molar-refractivity contribution in [3.63, 3.8) is 0 Å². The first-order valence-electron chi connectivity index (χ1n) is 12.0. The van der Waals surface area contributed by atoms with E-state index in [-0.39, 0.29) is 17.8 Å². The number of anilines is 1. The summed E-state index contributed by atoms with van der Waals surface area (Å²) < 4.78 is 11.1. The Balaban J connectivity index is 1.57. The molecule has 3 aromatic rings. The van der Waals surface area contributed by atoms with E-state index in [0.717, 1.165) is 53.6 Å². The molecule has 0 amide bonds. The number of rotatable bonds is 6. The molecule has 0 aromatic heterocycles. The topological polar surface area (TPSA) is 64.6 Å². The van der Waals surface area contributed by atoms with Gasteiger partial charge >= 0.3 is 5.97 Å². The number of hydrogen-bond acceptors (Lipinski definition) is 5. The van der Waals surface area contributed by atoms with Gasteiger partial charge in [0, 0.05) is 29.7 Å². The average Bonchev–Trinajstić information content (AvgIpc) is 2.87. The normalized spacial score (nSPS) is 17.1. The molecule has 0 radical (unpaired) electrons. The van der Waals surface area contributed by atoms with Crippen molar-refractivity contribution in [1.29, 1.82) is 0 Å². The molecule has 5 nitrogen and oxygen atoms in total. The first-order chi connectivity index (χ1) is 16.6. The lowest BCUT2D eigenvalue weighted by atomic mass is 9.77. The van der Waals surface area contributed by atoms with E-state index in [1.807, 2.05) is 31.2 Å². The maximum absolute atomic E-state index is 13.2. The van der Waals surface area contributed by atoms with Crippen molar-refractivity contribution >= 4 is 33.8 Å². The Morgan fingerprint density at radius 1 is 1.06 bits per heavy atom. The Labute approximate surface area is 199 Å². The van der Waals surface area contributed by atoms with Gasteiger partial charge in [0.05, 0.1) is 13.2 Å². The van der Waals surface area contributed by atoms with Gasteiger partial charge in [-0.2, -0.15) is 0 Å². The first-order valence-corrected chi connectivity index (χ1v) is 12.0. The molecule has 0 fully saturated rings. The summed E-state index contributed by atoms with van der Waals surface area (Å²) in [4.78, 5) is 25.4. The quantitative estimate of drug-likeness (QED) is 0.334. The van der Waals surface area contributed by atoms with Crippen LogP contribution in [0, 0.1) is 0 Å². The molecule has 0 saturated carbocycles. The highest BCUT2D eigenvalue weighted by atomic mass is 16.6. The van der Waals surface area contributed by atoms with Gasteiger partial charge < -0.3 is 14.8 Å². The van der Waals surface area contributed by atoms with Gasteiger partial charge in [0.25, 0.3) is 0 Å². The maximum atomic E-state index is 13.2. The molecule has 1 atom stereocenters. The van der Waals surface area contributed by atoms with E-state index in [9.17, 15) is 9.59 Å². The van der Waals surface area contributed by atoms with Crippen LogP contribution in [0.4, 0.5) is 5.69 Å². The van der Waals surface area contributed by atoms with Crippen molar-refractivity contribution in [1.82, 2.24) is 0 Å². The van der Waals surface area contributed by atoms with Gasteiger partial charge in [-0.25, -0.2) is 0 Å². The summed E-state index contributed by atoms with van der Waals surface area (Å²) in [6.45, 7) is 2.04. The van der Waals surface area contributed by atoms with Gasteiger partial charge in [-0.1, -0.05) is 49.7 Å². The fraction of sp³-hybridized carbons (Fsp3) is 0.310. The van der Waals surface area contributed by atoms with E-state index >= 15 is 0 Å². The Kier molecular flexibility index (Phi) is 6.10. The van der Waals surface area contributed by atoms with Crippen LogP contribution in [-0.2, 0) is 9.59 Å². The number of benzene rings is 3. The molecule has 5 heteroatoms. The molecule has 0 spiro atoms. The van der Waals surface area contributed by atoms with Crippen molar-refractivity contribution in [2.24, 2.45) is 0 Å². The number of methoxy groups -OCH3 is 1. The number of unbranched alkanes of at least 4 members (excludes halogenated alkanes) is 1. The van der Waals surface area contributed by atoms with E-state index in [1.54, 1.807) is 13.2 Å². The van der Waals surface area contributed by atoms with E-state index < -0.39 is 0 Å². The second-order valence-corrected chi connectivity index (χ2v) is 8.94. The zero-order valence-corrected chi connectivity index (χ0v) is 19.6. The number of ketones is 1. The monoisotopic (exact) mass is 455 g/mol. The Bertz CT molecular complexity index is 1310. The van der Waals surface area contributed by atoms with Gasteiger partial charge in [0.1, 0.15) is 0 Å². The minimum absolute atomic E-state index is 0.186. The SMILES string of the molecule is CCCCC(=O)Oc1ccc([C@H]2Nc3ccc4ccccc4c3C3=C2C(=O)CCC3)cc1OC. The molecule has 1 heterocycles. The van der Waals surface area contributed by atoms with Gasteiger partial charge in [0.2, 0.25) is 0 Å². The molecule has 1 aliphatic heterocycles. The number of allylic oxidation sites excluding steroid dienone is 1. The number of esters is 1. The predicted molar refractivity (Wildman–Crippen MR) is 134 cm³/mol. The Morgan fingerprint density at radius 2 is 1.91 bits per heavy atom. The van der Waals surface area contributed by atoms with Gasteiger partial charge in [-0.3, -0.25) is 9.59 Å². The smallest absolute Gasteiger partial charge is 0.311 e. The largest absolute Gasteiger partial charge is 0.493 e. The highest BCUT2D eigenvalue weighted by Gasteiger charge is 2.35. The molecule has 0 saturated heterocycles. The molecule has 0 bridgehead atoms. The fourth-order valence-corrected chi connectivity index (χ4v) is 5.10. The van der Waals surface area contributed by atoms with Crippen molar-refractivity contribution in [3.8, 4) is 11.5 Å². The summed E-state index contributed by atoms with van der Waals surface area (Å²) in [7, 11) is 1.56. The molecular formula is C29H29NO4. The summed E-state index contributed by atoms with van der Waals surface area (Å²) in [5, 5.41) is 5.97. The molecule has 174 valence electrons. The molecule has 1 N–H and O–H groups in total. The lowest BCUT2D eigenvalue weighted by molar-refractivity contribution is -0.134. The standard InChI is InChI=1S/C29H29NO4/c1-3-4-12-26(32)34-24-16-14-19(17-25(24)33-2)29-28-21(10-7-11-23(28)31)27-20-9-6-5-8-18(20)13-15-22(27)30-29/h5-6,8-9,13-17,29-30H,3-4,7,10-12H2,1-2H3/t29-/m1/s1. The van der Waals surface area contributed by atoms with Crippen molar-refractivity contribution in [3.05, 3.63) is 71.3 Å². The highest BCUT2D eigenvalue weighted by Crippen LogP contribution is 2.48. The summed E-state index contributed by atoms with van der Waals surface area (Å²) in [5.74, 6) is 0.806. The fourth-order valence-electron chi connectivity index (χ4n) is 5.10. The van der Waals surface area contributed by atoms with Crippen LogP contribution in [-0.4, -0.2) is 18.9 Å². The van der Waals surface area contributed by atoms with E-state index in [4.69, 9.17) is 9.47 Å². The summed E-state index contributed by atoms with van der Waals surface area (Å²) >= 11 is 0. The molecule has 1 aliphatic carbocycles. The number of carbonyl (C=O) groups is 2. The average molecular weight is 456 g/mol. The van der Waals surface area contributed by atoms with Crippen molar-refractivity contribution in [2.75, 3.05) is 12.4 Å². The number of hydrogen-bond donors (Lipinski definition) is 1. The van der Waals surface area contributed by atoms with Gasteiger partial charge in [-0.15, -0.1) is 0 Å². The van der Waals surface area contributed by atoms with E-state index in [1.165, 1.54) is 10.8 Å². The summed E-state index contributed by atoms with van der Waals surface area (Å²) in [6, 6.07) is 17.8. The second-order valence-electron chi connectivity index (χ2n) is 8.94. The summed E-state index contributed by atoms with van der Waals surface area (Å²) in [6.07, 6.45) is 4.40. The zero-order chi connectivity index (χ0) is 23.7. The van der Waals surface area contributed by atoms with Crippen molar-refractivity contribution in [2.45, 2.75) is 51.5 Å². The lowest BCUT2D eigenvalue weighted by Gasteiger charge is -2.35. The molecule has 3 aromatic carbocycles. The number of fused-ring (bicyclic) bond motifs is 4. The van der Waals surface area contributed by atoms with E-state index in [0.29, 0.717) is 24.3 Å². The lowest BCUT2D eigenvalue weighted by Crippen LogP contribution is -2.27. The second kappa shape index (κ2) is 9.34. The molecule has 2 aliphatic rings. The molecule has 34 heavy (non-hydrogen) atoms. The third-order valence-electron chi connectivity index (χ3n) is 6.75. The number of ether oxygens (including phenoxy) is 2. The van der Waals surface area contributed by atoms with Crippen LogP contribution >= 0.6 is 0 Å². The number of carbonyl (C=O) groups excluding carboxylic acids is 2. The van der Waals surface area contributed by atoms with Gasteiger partial charge in [-0.05, 0) is 59.4 Å². The molecular weight excluding hydrogens is 426 g/mol. The van der Waals surface area contributed by atoms with Gasteiger partial charge in [0.15, 0.2) is 17.3 Å². The number of nitrogens with one attached hydrogen (secondary N) is 1. The van der Waals surface area contributed by atoms with Crippen LogP contribution in [0.15, 0.2) is 60.2 Å². The minimum Gasteiger partial charge on any atom is -0.493 e. The third-order valence-corrected chi connectivity index (χ3v) is 6.75. The van der Waals surface area contributed by atoms with Crippen molar-refractivity contribution < 1.29 is 19.1 Å². The van der Waals surface area contributed by atoms with Crippen LogP contribution in [0.3, 0.4) is 0 Å². The minimum atomic E-state index is -0.282. The van der Waals surface area contributed by atoms with Crippen LogP contribution in [0.25, 0.3) is 16.3 Å². The maximum Gasteiger partial charge on any atom is 0.311 e. The Hall–Kier alpha value is -3.60. The van der Waals surface area contributed by atoms with Crippen LogP contribution in [0.1, 0.15) is 62.6 Å².